The number of rotatable bonds is 2. The second-order valence-corrected chi connectivity index (χ2v) is 4.82. The second kappa shape index (κ2) is 4.73. The van der Waals surface area contributed by atoms with E-state index < -0.39 is 28.2 Å². The van der Waals surface area contributed by atoms with Gasteiger partial charge in [-0.15, -0.1) is 0 Å². The van der Waals surface area contributed by atoms with E-state index in [1.807, 2.05) is 0 Å². The zero-order valence-corrected chi connectivity index (χ0v) is 11.4. The van der Waals surface area contributed by atoms with Crippen LogP contribution in [0, 0.1) is 22.9 Å². The monoisotopic (exact) mass is 300 g/mol. The number of hydrogen-bond donors (Lipinski definition) is 0. The van der Waals surface area contributed by atoms with Crippen molar-refractivity contribution >= 4 is 23.2 Å². The fourth-order valence-corrected chi connectivity index (χ4v) is 2.48. The fourth-order valence-electron chi connectivity index (χ4n) is 2.48. The second-order valence-electron chi connectivity index (χ2n) is 4.82. The first-order chi connectivity index (χ1) is 10.4. The summed E-state index contributed by atoms with van der Waals surface area (Å²) in [5, 5.41) is 11.0. The number of halogens is 1. The molecule has 1 heterocycles. The summed E-state index contributed by atoms with van der Waals surface area (Å²) in [6.45, 7) is 1.37. The first-order valence-corrected chi connectivity index (χ1v) is 6.34. The molecule has 0 unspecified atom stereocenters. The van der Waals surface area contributed by atoms with Crippen molar-refractivity contribution in [1.82, 2.24) is 0 Å². The van der Waals surface area contributed by atoms with Crippen LogP contribution < -0.4 is 4.90 Å². The molecule has 3 rings (SSSR count). The SMILES string of the molecule is Cc1c(N2C(=O)c3ccccc3C2=O)cc(F)cc1[N+](=O)[O-]. The maximum atomic E-state index is 13.7. The van der Waals surface area contributed by atoms with Crippen LogP contribution in [0.1, 0.15) is 26.3 Å². The van der Waals surface area contributed by atoms with Gasteiger partial charge < -0.3 is 0 Å². The molecule has 2 amide bonds. The van der Waals surface area contributed by atoms with Crippen LogP contribution in [0.5, 0.6) is 0 Å². The summed E-state index contributed by atoms with van der Waals surface area (Å²) in [5.74, 6) is -2.13. The summed E-state index contributed by atoms with van der Waals surface area (Å²) < 4.78 is 13.7. The number of nitro groups is 1. The lowest BCUT2D eigenvalue weighted by molar-refractivity contribution is -0.385. The van der Waals surface area contributed by atoms with Gasteiger partial charge in [-0.25, -0.2) is 9.29 Å². The number of hydrogen-bond acceptors (Lipinski definition) is 4. The lowest BCUT2D eigenvalue weighted by Crippen LogP contribution is -2.30. The summed E-state index contributed by atoms with van der Waals surface area (Å²) in [6.07, 6.45) is 0. The Labute approximate surface area is 123 Å². The lowest BCUT2D eigenvalue weighted by Gasteiger charge is -2.16. The standard InChI is InChI=1S/C15H9FN2O4/c1-8-12(6-9(16)7-13(8)18(21)22)17-14(19)10-4-2-3-5-11(10)15(17)20/h2-7H,1H3. The van der Waals surface area contributed by atoms with Gasteiger partial charge in [0.1, 0.15) is 5.82 Å². The molecule has 2 aromatic carbocycles. The molecule has 6 nitrogen and oxygen atoms in total. The molecule has 0 spiro atoms. The molecule has 7 heteroatoms. The number of imide groups is 1. The summed E-state index contributed by atoms with van der Waals surface area (Å²) in [6, 6.07) is 7.89. The Kier molecular flexibility index (Phi) is 2.98. The molecule has 0 radical (unpaired) electrons. The minimum absolute atomic E-state index is 0.0564. The molecule has 22 heavy (non-hydrogen) atoms. The molecule has 0 bridgehead atoms. The van der Waals surface area contributed by atoms with Crippen molar-refractivity contribution in [2.45, 2.75) is 6.92 Å². The quantitative estimate of drug-likeness (QED) is 0.485. The Morgan fingerprint density at radius 3 is 2.14 bits per heavy atom. The van der Waals surface area contributed by atoms with Crippen LogP contribution in [0.25, 0.3) is 0 Å². The molecular weight excluding hydrogens is 291 g/mol. The van der Waals surface area contributed by atoms with Crippen LogP contribution in [0.4, 0.5) is 15.8 Å². The van der Waals surface area contributed by atoms with Crippen molar-refractivity contribution in [3.05, 3.63) is 69.0 Å². The normalized spacial score (nSPS) is 13.5. The van der Waals surface area contributed by atoms with Crippen LogP contribution in [0.2, 0.25) is 0 Å². The number of carbonyl (C=O) groups excluding carboxylic acids is 2. The third-order valence-corrected chi connectivity index (χ3v) is 3.55. The molecule has 1 aliphatic rings. The minimum Gasteiger partial charge on any atom is -0.268 e. The van der Waals surface area contributed by atoms with E-state index in [0.29, 0.717) is 0 Å². The van der Waals surface area contributed by atoms with Crippen LogP contribution in [-0.4, -0.2) is 16.7 Å². The molecule has 1 aliphatic heterocycles. The minimum atomic E-state index is -0.885. The van der Waals surface area contributed by atoms with Crippen LogP contribution in [-0.2, 0) is 0 Å². The predicted octanol–water partition coefficient (Wildman–Crippen LogP) is 2.84. The number of carbonyl (C=O) groups is 2. The summed E-state index contributed by atoms with van der Waals surface area (Å²) in [5.41, 5.74) is -0.150. The van der Waals surface area contributed by atoms with E-state index in [1.54, 1.807) is 12.1 Å². The van der Waals surface area contributed by atoms with Gasteiger partial charge in [0.25, 0.3) is 17.5 Å². The van der Waals surface area contributed by atoms with Gasteiger partial charge in [-0.3, -0.25) is 19.7 Å². The maximum absolute atomic E-state index is 13.7. The van der Waals surface area contributed by atoms with Crippen molar-refractivity contribution in [3.63, 3.8) is 0 Å². The van der Waals surface area contributed by atoms with Gasteiger partial charge in [0.15, 0.2) is 0 Å². The van der Waals surface area contributed by atoms with Gasteiger partial charge in [0, 0.05) is 0 Å². The molecule has 2 aromatic rings. The van der Waals surface area contributed by atoms with Crippen molar-refractivity contribution in [1.29, 1.82) is 0 Å². The van der Waals surface area contributed by atoms with E-state index >= 15 is 0 Å². The van der Waals surface area contributed by atoms with Crippen LogP contribution in [0.3, 0.4) is 0 Å². The average molecular weight is 300 g/mol. The van der Waals surface area contributed by atoms with E-state index in [-0.39, 0.29) is 22.4 Å². The third kappa shape index (κ3) is 1.86. The zero-order valence-electron chi connectivity index (χ0n) is 11.4. The molecule has 0 atom stereocenters. The van der Waals surface area contributed by atoms with Gasteiger partial charge in [-0.1, -0.05) is 12.1 Å². The number of amides is 2. The first-order valence-electron chi connectivity index (χ1n) is 6.34. The van der Waals surface area contributed by atoms with Gasteiger partial charge in [-0.2, -0.15) is 0 Å². The number of fused-ring (bicyclic) bond motifs is 1. The average Bonchev–Trinajstić information content (AvgIpc) is 2.73. The largest absolute Gasteiger partial charge is 0.277 e. The van der Waals surface area contributed by atoms with Crippen molar-refractivity contribution < 1.29 is 18.9 Å². The number of benzene rings is 2. The van der Waals surface area contributed by atoms with Gasteiger partial charge in [0.05, 0.1) is 33.4 Å². The van der Waals surface area contributed by atoms with Crippen molar-refractivity contribution in [3.8, 4) is 0 Å². The van der Waals surface area contributed by atoms with Gasteiger partial charge in [-0.05, 0) is 25.1 Å². The number of anilines is 1. The number of nitro benzene ring substituents is 1. The zero-order chi connectivity index (χ0) is 16.0. The first kappa shape index (κ1) is 13.9. The molecule has 0 N–H and O–H groups in total. The highest BCUT2D eigenvalue weighted by molar-refractivity contribution is 6.34. The molecule has 110 valence electrons. The van der Waals surface area contributed by atoms with Crippen LogP contribution >= 0.6 is 0 Å². The molecular formula is C15H9FN2O4. The topological polar surface area (TPSA) is 80.5 Å². The van der Waals surface area contributed by atoms with Gasteiger partial charge in [0.2, 0.25) is 0 Å². The Hall–Kier alpha value is -3.09. The van der Waals surface area contributed by atoms with Crippen LogP contribution in [0.15, 0.2) is 36.4 Å². The fraction of sp³-hybridized carbons (Fsp3) is 0.0667. The Morgan fingerprint density at radius 2 is 1.64 bits per heavy atom. The Balaban J connectivity index is 2.20. The highest BCUT2D eigenvalue weighted by Gasteiger charge is 2.38. The molecule has 0 fully saturated rings. The smallest absolute Gasteiger partial charge is 0.268 e. The maximum Gasteiger partial charge on any atom is 0.277 e. The molecule has 0 saturated carbocycles. The highest BCUT2D eigenvalue weighted by Crippen LogP contribution is 2.35. The lowest BCUT2D eigenvalue weighted by atomic mass is 10.1. The van der Waals surface area contributed by atoms with Crippen molar-refractivity contribution in [2.75, 3.05) is 4.90 Å². The number of nitrogens with zero attached hydrogens (tertiary/aromatic N) is 2. The molecule has 0 aliphatic carbocycles. The summed E-state index contributed by atoms with van der Waals surface area (Å²) in [7, 11) is 0. The van der Waals surface area contributed by atoms with E-state index in [4.69, 9.17) is 0 Å². The Morgan fingerprint density at radius 1 is 1.09 bits per heavy atom. The molecule has 0 aromatic heterocycles. The van der Waals surface area contributed by atoms with Crippen molar-refractivity contribution in [2.24, 2.45) is 0 Å². The van der Waals surface area contributed by atoms with Gasteiger partial charge >= 0.3 is 0 Å². The van der Waals surface area contributed by atoms with E-state index in [2.05, 4.69) is 0 Å². The summed E-state index contributed by atoms with van der Waals surface area (Å²) >= 11 is 0. The summed E-state index contributed by atoms with van der Waals surface area (Å²) in [4.78, 5) is 35.7. The van der Waals surface area contributed by atoms with E-state index in [0.717, 1.165) is 17.0 Å². The Bertz CT molecular complexity index is 812. The van der Waals surface area contributed by atoms with E-state index in [1.165, 1.54) is 19.1 Å². The highest BCUT2D eigenvalue weighted by atomic mass is 19.1. The molecule has 0 saturated heterocycles. The van der Waals surface area contributed by atoms with E-state index in [9.17, 15) is 24.1 Å². The predicted molar refractivity (Wildman–Crippen MR) is 75.4 cm³/mol. The third-order valence-electron chi connectivity index (χ3n) is 3.55.